The van der Waals surface area contributed by atoms with Gasteiger partial charge in [0.15, 0.2) is 0 Å². The first-order valence-corrected chi connectivity index (χ1v) is 7.45. The highest BCUT2D eigenvalue weighted by molar-refractivity contribution is 14.2. The minimum atomic E-state index is -0.470. The van der Waals surface area contributed by atoms with Crippen molar-refractivity contribution in [3.63, 3.8) is 0 Å². The van der Waals surface area contributed by atoms with Crippen LogP contribution in [0.15, 0.2) is 22.5 Å². The van der Waals surface area contributed by atoms with Gasteiger partial charge in [0.1, 0.15) is 0 Å². The van der Waals surface area contributed by atoms with Crippen molar-refractivity contribution in [3.05, 3.63) is 22.5 Å². The second-order valence-corrected chi connectivity index (χ2v) is 9.72. The molecule has 1 aliphatic heterocycles. The Morgan fingerprint density at radius 1 is 1.67 bits per heavy atom. The maximum Gasteiger partial charge on any atom is -0.00990 e. The van der Waals surface area contributed by atoms with Crippen molar-refractivity contribution in [2.45, 2.75) is 13.8 Å². The van der Waals surface area contributed by atoms with E-state index in [1.807, 2.05) is 0 Å². The first kappa shape index (κ1) is 7.66. The smallest absolute Gasteiger partial charge is 0.00990 e. The van der Waals surface area contributed by atoms with E-state index < -0.39 is 7.20 Å². The van der Waals surface area contributed by atoms with E-state index in [0.717, 1.165) is 0 Å². The van der Waals surface area contributed by atoms with Crippen LogP contribution in [-0.2, 0) is 0 Å². The van der Waals surface area contributed by atoms with Crippen molar-refractivity contribution in [2.24, 2.45) is 0 Å². The van der Waals surface area contributed by atoms with Gasteiger partial charge in [-0.15, -0.1) is 7.20 Å². The van der Waals surface area contributed by atoms with E-state index in [4.69, 9.17) is 0 Å². The number of halogens is 1. The van der Waals surface area contributed by atoms with Gasteiger partial charge in [-0.2, -0.15) is 0 Å². The number of rotatable bonds is 1. The molecule has 0 aliphatic carbocycles. The van der Waals surface area contributed by atoms with E-state index in [0.29, 0.717) is 0 Å². The Morgan fingerprint density at radius 2 is 2.33 bits per heavy atom. The van der Waals surface area contributed by atoms with Gasteiger partial charge >= 0.3 is 0 Å². The van der Waals surface area contributed by atoms with Crippen LogP contribution in [0.25, 0.3) is 0 Å². The summed E-state index contributed by atoms with van der Waals surface area (Å²) in [6.45, 7) is 4.49. The van der Waals surface area contributed by atoms with Crippen LogP contribution in [0.4, 0.5) is 0 Å². The molecule has 0 saturated heterocycles. The molecule has 0 bridgehead atoms. The van der Waals surface area contributed by atoms with Gasteiger partial charge in [-0.25, -0.2) is 0 Å². The molecule has 52 valence electrons. The molecule has 0 N–H and O–H groups in total. The van der Waals surface area contributed by atoms with E-state index >= 15 is 0 Å². The lowest BCUT2D eigenvalue weighted by Gasteiger charge is -2.25. The van der Waals surface area contributed by atoms with Crippen molar-refractivity contribution >= 4 is 28.4 Å². The first-order valence-electron chi connectivity index (χ1n) is 3.05. The normalized spacial score (nSPS) is 40.1. The van der Waals surface area contributed by atoms with E-state index in [-0.39, 0.29) is 0 Å². The van der Waals surface area contributed by atoms with Crippen LogP contribution in [-0.4, -0.2) is 5.75 Å². The maximum atomic E-state index is 2.58. The predicted octanol–water partition coefficient (Wildman–Crippen LogP) is 3.59. The Kier molecular flexibility index (Phi) is 2.27. The van der Waals surface area contributed by atoms with Crippen LogP contribution in [0.3, 0.4) is 0 Å². The summed E-state index contributed by atoms with van der Waals surface area (Å²) in [6.07, 6.45) is 4.41. The van der Waals surface area contributed by atoms with Crippen molar-refractivity contribution in [2.75, 3.05) is 5.75 Å². The largest absolute Gasteiger partial charge is 0.144 e. The summed E-state index contributed by atoms with van der Waals surface area (Å²) in [7, 11) is -0.470. The van der Waals surface area contributed by atoms with Crippen molar-refractivity contribution in [1.82, 2.24) is 0 Å². The van der Waals surface area contributed by atoms with Gasteiger partial charge < -0.3 is 0 Å². The lowest BCUT2D eigenvalue weighted by atomic mass is 10.5. The number of allylic oxidation sites excluding steroid dienone is 3. The molecule has 0 spiro atoms. The fraction of sp³-hybridized carbons (Fsp3) is 0.429. The van der Waals surface area contributed by atoms with Gasteiger partial charge in [-0.1, -0.05) is 19.1 Å². The van der Waals surface area contributed by atoms with Gasteiger partial charge in [-0.05, 0) is 44.2 Å². The SMILES string of the molecule is CCS1(I)C=CC=C1C. The summed E-state index contributed by atoms with van der Waals surface area (Å²) in [4.78, 5) is 1.56. The molecule has 1 unspecified atom stereocenters. The second kappa shape index (κ2) is 2.66. The van der Waals surface area contributed by atoms with E-state index in [1.165, 1.54) is 5.75 Å². The Labute approximate surface area is 70.3 Å². The molecule has 1 rings (SSSR count). The lowest BCUT2D eigenvalue weighted by molar-refractivity contribution is 1.51. The van der Waals surface area contributed by atoms with Gasteiger partial charge in [0.2, 0.25) is 0 Å². The molecule has 0 radical (unpaired) electrons. The summed E-state index contributed by atoms with van der Waals surface area (Å²) in [5, 5.41) is 2.35. The average molecular weight is 254 g/mol. The highest BCUT2D eigenvalue weighted by Gasteiger charge is 2.18. The quantitative estimate of drug-likeness (QED) is 0.627. The van der Waals surface area contributed by atoms with Gasteiger partial charge in [0.25, 0.3) is 0 Å². The summed E-state index contributed by atoms with van der Waals surface area (Å²) in [5.74, 6) is 1.28. The minimum absolute atomic E-state index is 0.470. The number of hydrogen-bond donors (Lipinski definition) is 0. The Balaban J connectivity index is 2.82. The first-order chi connectivity index (χ1) is 4.19. The molecule has 1 heterocycles. The molecule has 0 aromatic heterocycles. The summed E-state index contributed by atoms with van der Waals surface area (Å²) in [5.41, 5.74) is 0. The monoisotopic (exact) mass is 254 g/mol. The topological polar surface area (TPSA) is 0 Å². The Hall–Kier alpha value is 0.560. The summed E-state index contributed by atoms with van der Waals surface area (Å²) in [6, 6.07) is 0. The van der Waals surface area contributed by atoms with E-state index in [2.05, 4.69) is 52.6 Å². The summed E-state index contributed by atoms with van der Waals surface area (Å²) >= 11 is 2.58. The molecular weight excluding hydrogens is 243 g/mol. The third-order valence-corrected chi connectivity index (χ3v) is 9.05. The fourth-order valence-corrected chi connectivity index (χ4v) is 3.29. The molecule has 9 heavy (non-hydrogen) atoms. The highest BCUT2D eigenvalue weighted by atomic mass is 127. The number of hydrogen-bond acceptors (Lipinski definition) is 0. The molecule has 0 amide bonds. The molecule has 0 saturated carbocycles. The minimum Gasteiger partial charge on any atom is -0.144 e. The highest BCUT2D eigenvalue weighted by Crippen LogP contribution is 2.65. The molecule has 0 aromatic rings. The van der Waals surface area contributed by atoms with Gasteiger partial charge in [0, 0.05) is 0 Å². The summed E-state index contributed by atoms with van der Waals surface area (Å²) < 4.78 is 0. The maximum absolute atomic E-state index is 2.58. The van der Waals surface area contributed by atoms with Crippen LogP contribution < -0.4 is 0 Å². The second-order valence-electron chi connectivity index (χ2n) is 2.10. The van der Waals surface area contributed by atoms with Gasteiger partial charge in [-0.3, -0.25) is 0 Å². The van der Waals surface area contributed by atoms with E-state index in [9.17, 15) is 0 Å². The molecule has 0 aromatic carbocycles. The van der Waals surface area contributed by atoms with Crippen LogP contribution in [0.2, 0.25) is 0 Å². The Morgan fingerprint density at radius 3 is 2.56 bits per heavy atom. The van der Waals surface area contributed by atoms with Crippen LogP contribution in [0.5, 0.6) is 0 Å². The molecule has 2 heteroatoms. The fourth-order valence-electron chi connectivity index (χ4n) is 0.844. The zero-order chi connectivity index (χ0) is 6.91. The lowest BCUT2D eigenvalue weighted by Crippen LogP contribution is -1.86. The van der Waals surface area contributed by atoms with Crippen LogP contribution in [0.1, 0.15) is 13.8 Å². The Bertz CT molecular complexity index is 172. The van der Waals surface area contributed by atoms with E-state index in [1.54, 1.807) is 4.91 Å². The third-order valence-electron chi connectivity index (χ3n) is 1.58. The molecule has 1 aliphatic rings. The van der Waals surface area contributed by atoms with Crippen molar-refractivity contribution < 1.29 is 0 Å². The third kappa shape index (κ3) is 1.34. The zero-order valence-electron chi connectivity index (χ0n) is 5.73. The molecule has 1 atom stereocenters. The average Bonchev–Trinajstić information content (AvgIpc) is 2.15. The van der Waals surface area contributed by atoms with Gasteiger partial charge in [0.05, 0.1) is 0 Å². The zero-order valence-corrected chi connectivity index (χ0v) is 8.70. The molecule has 0 fully saturated rings. The van der Waals surface area contributed by atoms with Crippen LogP contribution in [0, 0.1) is 0 Å². The standard InChI is InChI=1S/C7H11IS/c1-3-9(8)6-4-5-7(9)2/h4-6H,3H2,1-2H3. The van der Waals surface area contributed by atoms with Crippen molar-refractivity contribution in [3.8, 4) is 0 Å². The van der Waals surface area contributed by atoms with Crippen LogP contribution >= 0.6 is 28.4 Å². The molecule has 0 nitrogen and oxygen atoms in total. The molecular formula is C7H11IS. The van der Waals surface area contributed by atoms with Crippen molar-refractivity contribution in [1.29, 1.82) is 0 Å². The predicted molar refractivity (Wildman–Crippen MR) is 55.0 cm³/mol.